The van der Waals surface area contributed by atoms with Crippen molar-refractivity contribution in [1.82, 2.24) is 10.2 Å². The van der Waals surface area contributed by atoms with Crippen LogP contribution in [0.4, 0.5) is 13.2 Å². The number of rotatable bonds is 6. The molecule has 0 aromatic heterocycles. The summed E-state index contributed by atoms with van der Waals surface area (Å²) in [5, 5.41) is 3.03. The lowest BCUT2D eigenvalue weighted by Gasteiger charge is -2.36. The Hall–Kier alpha value is -2.78. The van der Waals surface area contributed by atoms with Crippen molar-refractivity contribution in [1.29, 1.82) is 0 Å². The second-order valence-corrected chi connectivity index (χ2v) is 8.98. The molecule has 2 aromatic carbocycles. The number of fused-ring (bicyclic) bond motifs is 1. The molecule has 0 aliphatic carbocycles. The standard InChI is InChI=1S/C25H29F3N2O4/c1-24(2,19-7-8-21-22(15-19)34-14-13-33-21)23(31)29-16-20(30-9-11-32-12-10-30)17-3-5-18(6-4-17)25(26,27)28/h3-8,15,20H,9-14,16H2,1-2H3,(H,29,31). The molecule has 34 heavy (non-hydrogen) atoms. The number of carbonyl (C=O) groups is 1. The van der Waals surface area contributed by atoms with E-state index in [4.69, 9.17) is 14.2 Å². The van der Waals surface area contributed by atoms with Gasteiger partial charge < -0.3 is 19.5 Å². The Morgan fingerprint density at radius 1 is 0.941 bits per heavy atom. The first kappa shape index (κ1) is 24.3. The lowest BCUT2D eigenvalue weighted by molar-refractivity contribution is -0.137. The van der Waals surface area contributed by atoms with Gasteiger partial charge in [-0.1, -0.05) is 18.2 Å². The fourth-order valence-corrected chi connectivity index (χ4v) is 4.21. The zero-order chi connectivity index (χ0) is 24.3. The predicted octanol–water partition coefficient (Wildman–Crippen LogP) is 3.94. The second kappa shape index (κ2) is 9.84. The molecule has 6 nitrogen and oxygen atoms in total. The average molecular weight is 479 g/mol. The number of amides is 1. The Balaban J connectivity index is 1.50. The van der Waals surface area contributed by atoms with Crippen LogP contribution in [0.3, 0.4) is 0 Å². The molecule has 2 aliphatic rings. The number of carbonyl (C=O) groups excluding carboxylic acids is 1. The highest BCUT2D eigenvalue weighted by atomic mass is 19.4. The minimum Gasteiger partial charge on any atom is -0.486 e. The molecule has 2 aliphatic heterocycles. The monoisotopic (exact) mass is 478 g/mol. The van der Waals surface area contributed by atoms with Crippen molar-refractivity contribution in [2.24, 2.45) is 0 Å². The summed E-state index contributed by atoms with van der Waals surface area (Å²) < 4.78 is 55.7. The summed E-state index contributed by atoms with van der Waals surface area (Å²) in [4.78, 5) is 15.4. The molecular formula is C25H29F3N2O4. The van der Waals surface area contributed by atoms with Crippen LogP contribution in [0, 0.1) is 0 Å². The van der Waals surface area contributed by atoms with Crippen LogP contribution in [-0.4, -0.2) is 56.9 Å². The summed E-state index contributed by atoms with van der Waals surface area (Å²) in [7, 11) is 0. The summed E-state index contributed by atoms with van der Waals surface area (Å²) in [6, 6.07) is 10.4. The Morgan fingerprint density at radius 3 is 2.21 bits per heavy atom. The normalized spacial score (nSPS) is 17.8. The highest BCUT2D eigenvalue weighted by Gasteiger charge is 2.34. The van der Waals surface area contributed by atoms with Crippen molar-refractivity contribution in [3.63, 3.8) is 0 Å². The minimum absolute atomic E-state index is 0.186. The fourth-order valence-electron chi connectivity index (χ4n) is 4.21. The van der Waals surface area contributed by atoms with Gasteiger partial charge in [-0.15, -0.1) is 0 Å². The molecule has 0 bridgehead atoms. The Morgan fingerprint density at radius 2 is 1.56 bits per heavy atom. The molecule has 1 fully saturated rings. The van der Waals surface area contributed by atoms with E-state index in [2.05, 4.69) is 10.2 Å². The summed E-state index contributed by atoms with van der Waals surface area (Å²) in [6.45, 7) is 7.20. The second-order valence-electron chi connectivity index (χ2n) is 8.98. The Bertz CT molecular complexity index is 1000. The Kier molecular flexibility index (Phi) is 7.04. The van der Waals surface area contributed by atoms with Gasteiger partial charge in [-0.05, 0) is 49.2 Å². The van der Waals surface area contributed by atoms with Crippen molar-refractivity contribution in [3.8, 4) is 11.5 Å². The van der Waals surface area contributed by atoms with Crippen LogP contribution >= 0.6 is 0 Å². The van der Waals surface area contributed by atoms with E-state index >= 15 is 0 Å². The maximum atomic E-state index is 13.3. The number of alkyl halides is 3. The van der Waals surface area contributed by atoms with Gasteiger partial charge in [-0.2, -0.15) is 13.2 Å². The first-order chi connectivity index (χ1) is 16.2. The summed E-state index contributed by atoms with van der Waals surface area (Å²) >= 11 is 0. The van der Waals surface area contributed by atoms with E-state index in [1.165, 1.54) is 12.1 Å². The third kappa shape index (κ3) is 5.31. The molecular weight excluding hydrogens is 449 g/mol. The summed E-state index contributed by atoms with van der Waals surface area (Å²) in [5.41, 5.74) is -0.0503. The fraction of sp³-hybridized carbons (Fsp3) is 0.480. The number of ether oxygens (including phenoxy) is 3. The van der Waals surface area contributed by atoms with Crippen LogP contribution < -0.4 is 14.8 Å². The van der Waals surface area contributed by atoms with Crippen LogP contribution in [0.2, 0.25) is 0 Å². The first-order valence-corrected chi connectivity index (χ1v) is 11.3. The van der Waals surface area contributed by atoms with Crippen LogP contribution in [-0.2, 0) is 21.1 Å². The molecule has 2 aromatic rings. The molecule has 1 N–H and O–H groups in total. The van der Waals surface area contributed by atoms with Gasteiger partial charge >= 0.3 is 6.18 Å². The maximum Gasteiger partial charge on any atom is 0.416 e. The van der Waals surface area contributed by atoms with Crippen molar-refractivity contribution in [2.45, 2.75) is 31.5 Å². The van der Waals surface area contributed by atoms with Crippen molar-refractivity contribution in [3.05, 3.63) is 59.2 Å². The van der Waals surface area contributed by atoms with Crippen molar-refractivity contribution < 1.29 is 32.2 Å². The van der Waals surface area contributed by atoms with Gasteiger partial charge in [-0.25, -0.2) is 0 Å². The molecule has 1 saturated heterocycles. The van der Waals surface area contributed by atoms with E-state index in [1.807, 2.05) is 26.0 Å². The zero-order valence-electron chi connectivity index (χ0n) is 19.3. The molecule has 1 amide bonds. The van der Waals surface area contributed by atoms with Gasteiger partial charge in [0.05, 0.1) is 30.2 Å². The molecule has 0 saturated carbocycles. The topological polar surface area (TPSA) is 60.0 Å². The van der Waals surface area contributed by atoms with Gasteiger partial charge in [-0.3, -0.25) is 9.69 Å². The smallest absolute Gasteiger partial charge is 0.416 e. The molecule has 9 heteroatoms. The van der Waals surface area contributed by atoms with E-state index < -0.39 is 17.2 Å². The first-order valence-electron chi connectivity index (χ1n) is 11.3. The molecule has 0 radical (unpaired) electrons. The van der Waals surface area contributed by atoms with Crippen molar-refractivity contribution >= 4 is 5.91 Å². The lowest BCUT2D eigenvalue weighted by Crippen LogP contribution is -2.47. The van der Waals surface area contributed by atoms with E-state index in [0.29, 0.717) is 56.6 Å². The molecule has 4 rings (SSSR count). The Labute approximate surface area is 197 Å². The number of morpholine rings is 1. The predicted molar refractivity (Wildman–Crippen MR) is 120 cm³/mol. The summed E-state index contributed by atoms with van der Waals surface area (Å²) in [6.07, 6.45) is -4.39. The van der Waals surface area contributed by atoms with Gasteiger partial charge in [0.25, 0.3) is 0 Å². The van der Waals surface area contributed by atoms with E-state index in [0.717, 1.165) is 17.7 Å². The quantitative estimate of drug-likeness (QED) is 0.682. The van der Waals surface area contributed by atoms with Crippen LogP contribution in [0.25, 0.3) is 0 Å². The number of hydrogen-bond donors (Lipinski definition) is 1. The highest BCUT2D eigenvalue weighted by Crippen LogP contribution is 2.36. The molecule has 0 spiro atoms. The SMILES string of the molecule is CC(C)(C(=O)NCC(c1ccc(C(F)(F)F)cc1)N1CCOCC1)c1ccc2c(c1)OCCO2. The highest BCUT2D eigenvalue weighted by molar-refractivity contribution is 5.87. The molecule has 1 atom stereocenters. The minimum atomic E-state index is -4.39. The molecule has 184 valence electrons. The lowest BCUT2D eigenvalue weighted by atomic mass is 9.83. The third-order valence-corrected chi connectivity index (χ3v) is 6.40. The van der Waals surface area contributed by atoms with E-state index in [1.54, 1.807) is 6.07 Å². The van der Waals surface area contributed by atoms with E-state index in [9.17, 15) is 18.0 Å². The van der Waals surface area contributed by atoms with Gasteiger partial charge in [0, 0.05) is 19.6 Å². The van der Waals surface area contributed by atoms with Crippen molar-refractivity contribution in [2.75, 3.05) is 46.1 Å². The van der Waals surface area contributed by atoms with Gasteiger partial charge in [0.15, 0.2) is 11.5 Å². The van der Waals surface area contributed by atoms with E-state index in [-0.39, 0.29) is 18.5 Å². The van der Waals surface area contributed by atoms with Gasteiger partial charge in [0.1, 0.15) is 13.2 Å². The van der Waals surface area contributed by atoms with Crippen LogP contribution in [0.1, 0.15) is 36.6 Å². The number of halogens is 3. The summed E-state index contributed by atoms with van der Waals surface area (Å²) in [5.74, 6) is 1.08. The number of benzene rings is 2. The van der Waals surface area contributed by atoms with Crippen LogP contribution in [0.15, 0.2) is 42.5 Å². The maximum absolute atomic E-state index is 13.3. The molecule has 1 unspecified atom stereocenters. The van der Waals surface area contributed by atoms with Crippen LogP contribution in [0.5, 0.6) is 11.5 Å². The number of nitrogens with zero attached hydrogens (tertiary/aromatic N) is 1. The zero-order valence-corrected chi connectivity index (χ0v) is 19.3. The number of nitrogens with one attached hydrogen (secondary N) is 1. The molecule has 2 heterocycles. The number of hydrogen-bond acceptors (Lipinski definition) is 5. The largest absolute Gasteiger partial charge is 0.486 e. The third-order valence-electron chi connectivity index (χ3n) is 6.40. The average Bonchev–Trinajstić information content (AvgIpc) is 2.84. The van der Waals surface area contributed by atoms with Gasteiger partial charge in [0.2, 0.25) is 5.91 Å².